The number of nitrogens with one attached hydrogen (secondary N) is 1. The van der Waals surface area contributed by atoms with Gasteiger partial charge < -0.3 is 15.2 Å². The molecule has 1 rings (SSSR count). The molecule has 0 spiro atoms. The number of ether oxygens (including phenoxy) is 1. The first-order valence-corrected chi connectivity index (χ1v) is 5.30. The molecule has 0 bridgehead atoms. The molecule has 0 fully saturated rings. The fourth-order valence-electron chi connectivity index (χ4n) is 1.36. The minimum absolute atomic E-state index is 0.0847. The minimum atomic E-state index is -1.24. The number of hydrogen-bond acceptors (Lipinski definition) is 3. The monoisotopic (exact) mass is 265 g/mol. The molecule has 1 atom stereocenters. The Bertz CT molecular complexity index is 536. The third kappa shape index (κ3) is 3.71. The van der Waals surface area contributed by atoms with E-state index >= 15 is 0 Å². The number of halogens is 1. The first-order chi connectivity index (χ1) is 8.99. The van der Waals surface area contributed by atoms with Crippen molar-refractivity contribution >= 4 is 11.9 Å². The molecule has 1 unspecified atom stereocenters. The van der Waals surface area contributed by atoms with Gasteiger partial charge in [-0.15, -0.1) is 12.3 Å². The molecule has 0 saturated carbocycles. The second kappa shape index (κ2) is 6.40. The van der Waals surface area contributed by atoms with Crippen molar-refractivity contribution in [1.29, 1.82) is 0 Å². The fraction of sp³-hybridized carbons (Fsp3) is 0.231. The van der Waals surface area contributed by atoms with Gasteiger partial charge in [-0.2, -0.15) is 0 Å². The van der Waals surface area contributed by atoms with Crippen LogP contribution in [0.4, 0.5) is 4.39 Å². The van der Waals surface area contributed by atoms with Crippen LogP contribution in [0.1, 0.15) is 16.8 Å². The Balaban J connectivity index is 2.89. The van der Waals surface area contributed by atoms with Crippen LogP contribution in [0.15, 0.2) is 18.2 Å². The third-order valence-electron chi connectivity index (χ3n) is 2.34. The van der Waals surface area contributed by atoms with Crippen molar-refractivity contribution < 1.29 is 23.8 Å². The molecule has 5 nitrogen and oxygen atoms in total. The molecular weight excluding hydrogens is 253 g/mol. The zero-order valence-corrected chi connectivity index (χ0v) is 10.1. The van der Waals surface area contributed by atoms with E-state index in [9.17, 15) is 14.0 Å². The maximum atomic E-state index is 13.2. The number of methoxy groups -OCH3 is 1. The quantitative estimate of drug-likeness (QED) is 0.780. The number of carboxylic acids is 1. The Morgan fingerprint density at radius 2 is 2.26 bits per heavy atom. The summed E-state index contributed by atoms with van der Waals surface area (Å²) in [5, 5.41) is 11.1. The van der Waals surface area contributed by atoms with Crippen molar-refractivity contribution in [2.24, 2.45) is 0 Å². The lowest BCUT2D eigenvalue weighted by Gasteiger charge is -2.12. The molecule has 0 aliphatic rings. The normalized spacial score (nSPS) is 11.2. The second-order valence-corrected chi connectivity index (χ2v) is 3.62. The number of amides is 1. The Labute approximate surface area is 109 Å². The third-order valence-corrected chi connectivity index (χ3v) is 2.34. The molecule has 1 aromatic rings. The van der Waals surface area contributed by atoms with Crippen LogP contribution in [0, 0.1) is 18.2 Å². The van der Waals surface area contributed by atoms with E-state index in [1.54, 1.807) is 0 Å². The van der Waals surface area contributed by atoms with Crippen molar-refractivity contribution in [2.45, 2.75) is 12.5 Å². The SMILES string of the molecule is C#CCC(NC(=O)c1ccc(F)c(OC)c1)C(=O)O. The highest BCUT2D eigenvalue weighted by Crippen LogP contribution is 2.18. The van der Waals surface area contributed by atoms with Gasteiger partial charge in [-0.3, -0.25) is 4.79 Å². The predicted octanol–water partition coefficient (Wildman–Crippen LogP) is 1.04. The summed E-state index contributed by atoms with van der Waals surface area (Å²) in [6.45, 7) is 0. The second-order valence-electron chi connectivity index (χ2n) is 3.62. The van der Waals surface area contributed by atoms with Crippen molar-refractivity contribution in [3.63, 3.8) is 0 Å². The maximum Gasteiger partial charge on any atom is 0.327 e. The molecule has 0 aliphatic carbocycles. The van der Waals surface area contributed by atoms with Gasteiger partial charge in [0, 0.05) is 12.0 Å². The number of carbonyl (C=O) groups is 2. The van der Waals surface area contributed by atoms with E-state index in [-0.39, 0.29) is 17.7 Å². The summed E-state index contributed by atoms with van der Waals surface area (Å²) in [6.07, 6.45) is 4.87. The maximum absolute atomic E-state index is 13.2. The molecule has 19 heavy (non-hydrogen) atoms. The van der Waals surface area contributed by atoms with E-state index in [4.69, 9.17) is 16.3 Å². The van der Waals surface area contributed by atoms with Crippen LogP contribution in [-0.2, 0) is 4.79 Å². The number of hydrogen-bond donors (Lipinski definition) is 2. The molecule has 0 aliphatic heterocycles. The van der Waals surface area contributed by atoms with E-state index in [1.807, 2.05) is 0 Å². The lowest BCUT2D eigenvalue weighted by molar-refractivity contribution is -0.139. The van der Waals surface area contributed by atoms with Crippen LogP contribution in [0.3, 0.4) is 0 Å². The molecular formula is C13H12FNO4. The lowest BCUT2D eigenvalue weighted by atomic mass is 10.1. The Morgan fingerprint density at radius 3 is 2.79 bits per heavy atom. The van der Waals surface area contributed by atoms with Crippen molar-refractivity contribution in [1.82, 2.24) is 5.32 Å². The molecule has 0 radical (unpaired) electrons. The average molecular weight is 265 g/mol. The standard InChI is InChI=1S/C13H12FNO4/c1-3-4-10(13(17)18)15-12(16)8-5-6-9(14)11(7-8)19-2/h1,5-7,10H,4H2,2H3,(H,15,16)(H,17,18). The summed E-state index contributed by atoms with van der Waals surface area (Å²) in [6, 6.07) is 2.28. The Morgan fingerprint density at radius 1 is 1.58 bits per heavy atom. The zero-order chi connectivity index (χ0) is 14.4. The molecule has 2 N–H and O–H groups in total. The smallest absolute Gasteiger partial charge is 0.327 e. The zero-order valence-electron chi connectivity index (χ0n) is 10.1. The fourth-order valence-corrected chi connectivity index (χ4v) is 1.36. The molecule has 6 heteroatoms. The van der Waals surface area contributed by atoms with Gasteiger partial charge in [0.25, 0.3) is 5.91 Å². The Kier molecular flexibility index (Phi) is 4.89. The molecule has 100 valence electrons. The highest BCUT2D eigenvalue weighted by atomic mass is 19.1. The molecule has 0 heterocycles. The molecule has 1 aromatic carbocycles. The predicted molar refractivity (Wildman–Crippen MR) is 65.3 cm³/mol. The highest BCUT2D eigenvalue weighted by Gasteiger charge is 2.20. The number of carboxylic acid groups (broad SMARTS) is 1. The summed E-state index contributed by atoms with van der Waals surface area (Å²) >= 11 is 0. The lowest BCUT2D eigenvalue weighted by Crippen LogP contribution is -2.40. The minimum Gasteiger partial charge on any atom is -0.494 e. The average Bonchev–Trinajstić information content (AvgIpc) is 2.38. The van der Waals surface area contributed by atoms with Crippen LogP contribution >= 0.6 is 0 Å². The Hall–Kier alpha value is -2.55. The van der Waals surface area contributed by atoms with Crippen LogP contribution in [0.25, 0.3) is 0 Å². The van der Waals surface area contributed by atoms with Crippen molar-refractivity contribution in [2.75, 3.05) is 7.11 Å². The van der Waals surface area contributed by atoms with E-state index in [2.05, 4.69) is 11.2 Å². The van der Waals surface area contributed by atoms with E-state index in [1.165, 1.54) is 19.2 Å². The summed E-state index contributed by atoms with van der Waals surface area (Å²) < 4.78 is 17.9. The summed E-state index contributed by atoms with van der Waals surface area (Å²) in [4.78, 5) is 22.6. The van der Waals surface area contributed by atoms with Gasteiger partial charge in [0.15, 0.2) is 11.6 Å². The van der Waals surface area contributed by atoms with E-state index in [0.717, 1.165) is 6.07 Å². The summed E-state index contributed by atoms with van der Waals surface area (Å²) in [5.41, 5.74) is 0.0847. The van der Waals surface area contributed by atoms with Gasteiger partial charge in [0.1, 0.15) is 6.04 Å². The van der Waals surface area contributed by atoms with E-state index in [0.29, 0.717) is 0 Å². The van der Waals surface area contributed by atoms with Crippen LogP contribution < -0.4 is 10.1 Å². The first-order valence-electron chi connectivity index (χ1n) is 5.30. The number of carbonyl (C=O) groups excluding carboxylic acids is 1. The van der Waals surface area contributed by atoms with Crippen LogP contribution in [-0.4, -0.2) is 30.1 Å². The summed E-state index contributed by atoms with van der Waals surface area (Å²) in [7, 11) is 1.26. The topological polar surface area (TPSA) is 75.6 Å². The number of aliphatic carboxylic acids is 1. The first kappa shape index (κ1) is 14.5. The molecule has 0 aromatic heterocycles. The molecule has 0 saturated heterocycles. The van der Waals surface area contributed by atoms with Crippen molar-refractivity contribution in [3.05, 3.63) is 29.6 Å². The van der Waals surface area contributed by atoms with Gasteiger partial charge in [0.05, 0.1) is 7.11 Å². The van der Waals surface area contributed by atoms with Gasteiger partial charge >= 0.3 is 5.97 Å². The number of rotatable bonds is 5. The van der Waals surface area contributed by atoms with Gasteiger partial charge in [-0.1, -0.05) is 0 Å². The van der Waals surface area contributed by atoms with Gasteiger partial charge in [-0.25, -0.2) is 9.18 Å². The van der Waals surface area contributed by atoms with E-state index < -0.39 is 23.7 Å². The largest absolute Gasteiger partial charge is 0.494 e. The number of benzene rings is 1. The number of terminal acetylenes is 1. The van der Waals surface area contributed by atoms with Crippen molar-refractivity contribution in [3.8, 4) is 18.1 Å². The van der Waals surface area contributed by atoms with Gasteiger partial charge in [0.2, 0.25) is 0 Å². The van der Waals surface area contributed by atoms with Gasteiger partial charge in [-0.05, 0) is 18.2 Å². The molecule has 1 amide bonds. The van der Waals surface area contributed by atoms with Crippen LogP contribution in [0.5, 0.6) is 5.75 Å². The highest BCUT2D eigenvalue weighted by molar-refractivity contribution is 5.97. The summed E-state index contributed by atoms with van der Waals surface area (Å²) in [5.74, 6) is -0.458. The van der Waals surface area contributed by atoms with Crippen LogP contribution in [0.2, 0.25) is 0 Å².